The molecular formula is C13H13N3OS. The minimum absolute atomic E-state index is 0.236. The lowest BCUT2D eigenvalue weighted by atomic mass is 10.2. The second kappa shape index (κ2) is 5.07. The predicted octanol–water partition coefficient (Wildman–Crippen LogP) is 2.02. The van der Waals surface area contributed by atoms with Crippen molar-refractivity contribution in [2.45, 2.75) is 19.4 Å². The molecule has 4 nitrogen and oxygen atoms in total. The molecule has 0 spiro atoms. The van der Waals surface area contributed by atoms with Gasteiger partial charge in [-0.3, -0.25) is 4.79 Å². The van der Waals surface area contributed by atoms with E-state index in [0.29, 0.717) is 17.0 Å². The number of terminal acetylenes is 1. The fraction of sp³-hybridized carbons (Fsp3) is 0.231. The number of thiophene rings is 1. The molecule has 0 aliphatic carbocycles. The van der Waals surface area contributed by atoms with E-state index in [4.69, 9.17) is 12.2 Å². The summed E-state index contributed by atoms with van der Waals surface area (Å²) < 4.78 is 0. The Labute approximate surface area is 109 Å². The summed E-state index contributed by atoms with van der Waals surface area (Å²) in [6, 6.07) is 3.38. The Morgan fingerprint density at radius 2 is 2.50 bits per heavy atom. The number of rotatable bonds is 3. The van der Waals surface area contributed by atoms with Crippen molar-refractivity contribution in [2.75, 3.05) is 5.73 Å². The molecule has 1 unspecified atom stereocenters. The maximum Gasteiger partial charge on any atom is 0.264 e. The molecule has 1 atom stereocenters. The molecular weight excluding hydrogens is 246 g/mol. The molecule has 0 saturated carbocycles. The van der Waals surface area contributed by atoms with Crippen LogP contribution in [0.2, 0.25) is 0 Å². The van der Waals surface area contributed by atoms with E-state index in [-0.39, 0.29) is 11.9 Å². The fourth-order valence-corrected chi connectivity index (χ4v) is 2.57. The van der Waals surface area contributed by atoms with Gasteiger partial charge in [-0.2, -0.15) is 0 Å². The first-order chi connectivity index (χ1) is 8.67. The van der Waals surface area contributed by atoms with Gasteiger partial charge in [-0.15, -0.1) is 17.8 Å². The van der Waals surface area contributed by atoms with Gasteiger partial charge in [-0.05, 0) is 18.6 Å². The SMILES string of the molecule is C#CC(CC)NC(=O)c1sc2ncccc2c1N. The third kappa shape index (κ3) is 2.15. The Hall–Kier alpha value is -2.06. The van der Waals surface area contributed by atoms with Crippen molar-refractivity contribution in [3.8, 4) is 12.3 Å². The molecule has 0 aliphatic heterocycles. The maximum atomic E-state index is 12.1. The Morgan fingerprint density at radius 1 is 1.72 bits per heavy atom. The Morgan fingerprint density at radius 3 is 3.11 bits per heavy atom. The van der Waals surface area contributed by atoms with Crippen LogP contribution in [0.3, 0.4) is 0 Å². The summed E-state index contributed by atoms with van der Waals surface area (Å²) in [5.41, 5.74) is 6.42. The zero-order valence-corrected chi connectivity index (χ0v) is 10.8. The van der Waals surface area contributed by atoms with Crippen molar-refractivity contribution < 1.29 is 4.79 Å². The molecule has 0 aromatic carbocycles. The molecule has 3 N–H and O–H groups in total. The highest BCUT2D eigenvalue weighted by atomic mass is 32.1. The van der Waals surface area contributed by atoms with E-state index in [2.05, 4.69) is 16.2 Å². The van der Waals surface area contributed by atoms with Crippen LogP contribution in [0.4, 0.5) is 5.69 Å². The number of carbonyl (C=O) groups excluding carboxylic acids is 1. The van der Waals surface area contributed by atoms with Gasteiger partial charge in [-0.25, -0.2) is 4.98 Å². The van der Waals surface area contributed by atoms with E-state index in [1.807, 2.05) is 13.0 Å². The maximum absolute atomic E-state index is 12.1. The Bertz CT molecular complexity index is 627. The van der Waals surface area contributed by atoms with Gasteiger partial charge in [0, 0.05) is 11.6 Å². The highest BCUT2D eigenvalue weighted by Crippen LogP contribution is 2.31. The summed E-state index contributed by atoms with van der Waals surface area (Å²) >= 11 is 1.28. The predicted molar refractivity (Wildman–Crippen MR) is 74.4 cm³/mol. The number of anilines is 1. The Balaban J connectivity index is 2.34. The normalized spacial score (nSPS) is 12.0. The molecule has 0 aliphatic rings. The number of nitrogens with one attached hydrogen (secondary N) is 1. The number of nitrogens with zero attached hydrogens (tertiary/aromatic N) is 1. The number of nitrogen functional groups attached to an aromatic ring is 1. The third-order valence-corrected chi connectivity index (χ3v) is 3.75. The van der Waals surface area contributed by atoms with Gasteiger partial charge in [0.05, 0.1) is 11.7 Å². The molecule has 2 heterocycles. The molecule has 2 aromatic rings. The number of hydrogen-bond donors (Lipinski definition) is 2. The highest BCUT2D eigenvalue weighted by Gasteiger charge is 2.18. The van der Waals surface area contributed by atoms with E-state index in [0.717, 1.165) is 10.2 Å². The lowest BCUT2D eigenvalue weighted by molar-refractivity contribution is 0.0950. The van der Waals surface area contributed by atoms with Gasteiger partial charge in [0.15, 0.2) is 0 Å². The molecule has 0 saturated heterocycles. The van der Waals surface area contributed by atoms with Crippen LogP contribution in [-0.4, -0.2) is 16.9 Å². The number of amides is 1. The summed E-state index contributed by atoms with van der Waals surface area (Å²) in [5.74, 6) is 2.29. The number of hydrogen-bond acceptors (Lipinski definition) is 4. The summed E-state index contributed by atoms with van der Waals surface area (Å²) in [4.78, 5) is 17.5. The van der Waals surface area contributed by atoms with Gasteiger partial charge in [0.25, 0.3) is 5.91 Å². The lowest BCUT2D eigenvalue weighted by Crippen LogP contribution is -2.33. The van der Waals surface area contributed by atoms with Crippen LogP contribution in [0.15, 0.2) is 18.3 Å². The van der Waals surface area contributed by atoms with Crippen molar-refractivity contribution in [2.24, 2.45) is 0 Å². The zero-order chi connectivity index (χ0) is 13.1. The third-order valence-electron chi connectivity index (χ3n) is 2.63. The molecule has 0 fully saturated rings. The van der Waals surface area contributed by atoms with Crippen molar-refractivity contribution in [1.29, 1.82) is 0 Å². The van der Waals surface area contributed by atoms with Crippen molar-refractivity contribution >= 4 is 33.1 Å². The average Bonchev–Trinajstić information content (AvgIpc) is 2.74. The second-order valence-corrected chi connectivity index (χ2v) is 4.80. The number of fused-ring (bicyclic) bond motifs is 1. The minimum Gasteiger partial charge on any atom is -0.397 e. The topological polar surface area (TPSA) is 68.0 Å². The van der Waals surface area contributed by atoms with Crippen molar-refractivity contribution in [3.63, 3.8) is 0 Å². The lowest BCUT2D eigenvalue weighted by Gasteiger charge is -2.09. The molecule has 5 heteroatoms. The fourth-order valence-electron chi connectivity index (χ4n) is 1.61. The van der Waals surface area contributed by atoms with Crippen LogP contribution in [0.25, 0.3) is 10.2 Å². The first kappa shape index (κ1) is 12.4. The Kier molecular flexibility index (Phi) is 3.49. The molecule has 0 bridgehead atoms. The smallest absolute Gasteiger partial charge is 0.264 e. The number of carbonyl (C=O) groups is 1. The van der Waals surface area contributed by atoms with Gasteiger partial charge >= 0.3 is 0 Å². The highest BCUT2D eigenvalue weighted by molar-refractivity contribution is 7.21. The first-order valence-corrected chi connectivity index (χ1v) is 6.39. The minimum atomic E-state index is -0.268. The monoisotopic (exact) mass is 259 g/mol. The largest absolute Gasteiger partial charge is 0.397 e. The molecule has 2 aromatic heterocycles. The molecule has 18 heavy (non-hydrogen) atoms. The van der Waals surface area contributed by atoms with E-state index in [9.17, 15) is 4.79 Å². The zero-order valence-electron chi connectivity index (χ0n) is 9.93. The quantitative estimate of drug-likeness (QED) is 0.829. The van der Waals surface area contributed by atoms with E-state index >= 15 is 0 Å². The van der Waals surface area contributed by atoms with E-state index in [1.54, 1.807) is 12.3 Å². The van der Waals surface area contributed by atoms with Gasteiger partial charge < -0.3 is 11.1 Å². The number of aromatic nitrogens is 1. The summed E-state index contributed by atoms with van der Waals surface area (Å²) in [6.07, 6.45) is 7.68. The van der Waals surface area contributed by atoms with Crippen LogP contribution in [-0.2, 0) is 0 Å². The summed E-state index contributed by atoms with van der Waals surface area (Å²) in [7, 11) is 0. The molecule has 92 valence electrons. The van der Waals surface area contributed by atoms with Gasteiger partial charge in [0.2, 0.25) is 0 Å². The van der Waals surface area contributed by atoms with Gasteiger partial charge in [0.1, 0.15) is 9.71 Å². The standard InChI is InChI=1S/C13H13N3OS/c1-3-8(4-2)16-12(17)11-10(14)9-6-5-7-15-13(9)18-11/h1,5-8H,4,14H2,2H3,(H,16,17). The number of pyridine rings is 1. The van der Waals surface area contributed by atoms with Crippen LogP contribution < -0.4 is 11.1 Å². The van der Waals surface area contributed by atoms with E-state index < -0.39 is 0 Å². The van der Waals surface area contributed by atoms with Crippen LogP contribution in [0.1, 0.15) is 23.0 Å². The molecule has 0 radical (unpaired) electrons. The second-order valence-electron chi connectivity index (χ2n) is 3.80. The van der Waals surface area contributed by atoms with Crippen LogP contribution >= 0.6 is 11.3 Å². The van der Waals surface area contributed by atoms with Crippen molar-refractivity contribution in [3.05, 3.63) is 23.2 Å². The van der Waals surface area contributed by atoms with Crippen LogP contribution in [0.5, 0.6) is 0 Å². The average molecular weight is 259 g/mol. The summed E-state index contributed by atoms with van der Waals surface area (Å²) in [5, 5.41) is 3.57. The van der Waals surface area contributed by atoms with Crippen molar-refractivity contribution in [1.82, 2.24) is 10.3 Å². The van der Waals surface area contributed by atoms with Gasteiger partial charge in [-0.1, -0.05) is 12.8 Å². The summed E-state index contributed by atoms with van der Waals surface area (Å²) in [6.45, 7) is 1.92. The first-order valence-electron chi connectivity index (χ1n) is 5.57. The van der Waals surface area contributed by atoms with E-state index in [1.165, 1.54) is 11.3 Å². The van der Waals surface area contributed by atoms with Crippen LogP contribution in [0, 0.1) is 12.3 Å². The number of nitrogens with two attached hydrogens (primary N) is 1. The molecule has 2 rings (SSSR count). The molecule has 1 amide bonds.